The van der Waals surface area contributed by atoms with E-state index in [1.807, 2.05) is 0 Å². The van der Waals surface area contributed by atoms with Crippen molar-refractivity contribution >= 4 is 27.5 Å². The molecule has 0 aromatic heterocycles. The maximum Gasteiger partial charge on any atom is 0.235 e. The van der Waals surface area contributed by atoms with Gasteiger partial charge in [0.05, 0.1) is 9.89 Å². The quantitative estimate of drug-likeness (QED) is 0.771. The molecule has 1 spiro atoms. The lowest BCUT2D eigenvalue weighted by Crippen LogP contribution is -2.40. The summed E-state index contributed by atoms with van der Waals surface area (Å²) in [7, 11) is 0. The second kappa shape index (κ2) is 2.82. The van der Waals surface area contributed by atoms with E-state index in [-0.39, 0.29) is 11.7 Å². The van der Waals surface area contributed by atoms with E-state index in [0.717, 1.165) is 30.5 Å². The van der Waals surface area contributed by atoms with Crippen LogP contribution in [-0.4, -0.2) is 5.91 Å². The number of rotatable bonds is 0. The van der Waals surface area contributed by atoms with E-state index in [0.29, 0.717) is 4.47 Å². The number of carbonyl (C=O) groups is 1. The van der Waals surface area contributed by atoms with E-state index in [4.69, 9.17) is 0 Å². The number of fused-ring (bicyclic) bond motifs is 2. The number of hydrogen-bond donors (Lipinski definition) is 1. The number of carbonyl (C=O) groups excluding carboxylic acids is 1. The van der Waals surface area contributed by atoms with Crippen LogP contribution in [0.1, 0.15) is 24.8 Å². The second-order valence-electron chi connectivity index (χ2n) is 4.20. The van der Waals surface area contributed by atoms with Gasteiger partial charge in [0.1, 0.15) is 5.82 Å². The molecule has 0 atom stereocenters. The fourth-order valence-electron chi connectivity index (χ4n) is 2.44. The molecule has 1 amide bonds. The fraction of sp³-hybridized carbons (Fsp3) is 0.364. The largest absolute Gasteiger partial charge is 0.325 e. The number of benzene rings is 1. The molecule has 1 heterocycles. The van der Waals surface area contributed by atoms with Gasteiger partial charge >= 0.3 is 0 Å². The van der Waals surface area contributed by atoms with Crippen molar-refractivity contribution in [3.8, 4) is 0 Å². The number of hydrogen-bond acceptors (Lipinski definition) is 1. The first-order valence-corrected chi connectivity index (χ1v) is 5.74. The van der Waals surface area contributed by atoms with Crippen molar-refractivity contribution in [3.63, 3.8) is 0 Å². The summed E-state index contributed by atoms with van der Waals surface area (Å²) in [4.78, 5) is 11.8. The first-order chi connectivity index (χ1) is 7.13. The predicted octanol–water partition coefficient (Wildman–Crippen LogP) is 2.96. The third kappa shape index (κ3) is 1.06. The van der Waals surface area contributed by atoms with Gasteiger partial charge in [0.2, 0.25) is 5.91 Å². The van der Waals surface area contributed by atoms with Gasteiger partial charge in [-0.1, -0.05) is 6.42 Å². The summed E-state index contributed by atoms with van der Waals surface area (Å²) in [5, 5.41) is 2.82. The highest BCUT2D eigenvalue weighted by Crippen LogP contribution is 2.51. The zero-order valence-electron chi connectivity index (χ0n) is 7.94. The maximum absolute atomic E-state index is 13.4. The average molecular weight is 270 g/mol. The molecule has 4 heteroatoms. The fourth-order valence-corrected chi connectivity index (χ4v) is 2.78. The van der Waals surface area contributed by atoms with Crippen LogP contribution >= 0.6 is 15.9 Å². The summed E-state index contributed by atoms with van der Waals surface area (Å²) in [6.07, 6.45) is 2.73. The Kier molecular flexibility index (Phi) is 1.75. The summed E-state index contributed by atoms with van der Waals surface area (Å²) in [6.45, 7) is 0. The molecule has 2 aliphatic rings. The minimum atomic E-state index is -0.420. The van der Waals surface area contributed by atoms with E-state index in [9.17, 15) is 9.18 Å². The summed E-state index contributed by atoms with van der Waals surface area (Å²) >= 11 is 3.12. The van der Waals surface area contributed by atoms with Gasteiger partial charge in [-0.25, -0.2) is 4.39 Å². The number of nitrogens with one attached hydrogen (secondary N) is 1. The Morgan fingerprint density at radius 3 is 2.73 bits per heavy atom. The predicted molar refractivity (Wildman–Crippen MR) is 58.3 cm³/mol. The Labute approximate surface area is 95.0 Å². The Hall–Kier alpha value is -0.900. The van der Waals surface area contributed by atoms with Gasteiger partial charge in [-0.2, -0.15) is 0 Å². The van der Waals surface area contributed by atoms with E-state index in [1.165, 1.54) is 6.07 Å². The maximum atomic E-state index is 13.4. The van der Waals surface area contributed by atoms with E-state index in [1.54, 1.807) is 6.07 Å². The summed E-state index contributed by atoms with van der Waals surface area (Å²) < 4.78 is 13.8. The molecular formula is C11H9BrFNO. The normalized spacial score (nSPS) is 21.1. The van der Waals surface area contributed by atoms with Crippen molar-refractivity contribution in [2.45, 2.75) is 24.7 Å². The molecule has 1 N–H and O–H groups in total. The van der Waals surface area contributed by atoms with Gasteiger partial charge < -0.3 is 5.32 Å². The third-order valence-corrected chi connectivity index (χ3v) is 4.07. The van der Waals surface area contributed by atoms with Crippen LogP contribution in [0.4, 0.5) is 10.1 Å². The zero-order valence-corrected chi connectivity index (χ0v) is 9.53. The molecule has 1 aliphatic carbocycles. The van der Waals surface area contributed by atoms with Crippen LogP contribution in [0.5, 0.6) is 0 Å². The molecule has 78 valence electrons. The first kappa shape index (κ1) is 9.33. The molecule has 3 rings (SSSR count). The smallest absolute Gasteiger partial charge is 0.235 e. The van der Waals surface area contributed by atoms with Crippen LogP contribution in [0.3, 0.4) is 0 Å². The van der Waals surface area contributed by atoms with E-state index >= 15 is 0 Å². The summed E-state index contributed by atoms with van der Waals surface area (Å²) in [6, 6.07) is 3.13. The summed E-state index contributed by atoms with van der Waals surface area (Å²) in [5.41, 5.74) is 1.17. The van der Waals surface area contributed by atoms with Crippen LogP contribution in [0.15, 0.2) is 16.6 Å². The zero-order chi connectivity index (χ0) is 10.6. The molecule has 15 heavy (non-hydrogen) atoms. The van der Waals surface area contributed by atoms with E-state index in [2.05, 4.69) is 21.2 Å². The highest BCUT2D eigenvalue weighted by Gasteiger charge is 2.51. The highest BCUT2D eigenvalue weighted by molar-refractivity contribution is 9.10. The Morgan fingerprint density at radius 2 is 2.13 bits per heavy atom. The highest BCUT2D eigenvalue weighted by atomic mass is 79.9. The van der Waals surface area contributed by atoms with Crippen LogP contribution in [0.2, 0.25) is 0 Å². The standard InChI is InChI=1S/C11H9BrFNO/c12-7-5-9-6(4-8(7)13)11(2-1-3-11)10(15)14-9/h4-5H,1-3H2,(H,14,15). The molecule has 2 nitrogen and oxygen atoms in total. The van der Waals surface area contributed by atoms with Gasteiger partial charge in [-0.15, -0.1) is 0 Å². The van der Waals surface area contributed by atoms with Crippen LogP contribution in [0.25, 0.3) is 0 Å². The van der Waals surface area contributed by atoms with Crippen LogP contribution in [0, 0.1) is 5.82 Å². The van der Waals surface area contributed by atoms with E-state index < -0.39 is 5.41 Å². The van der Waals surface area contributed by atoms with Crippen molar-refractivity contribution in [1.29, 1.82) is 0 Å². The van der Waals surface area contributed by atoms with Crippen molar-refractivity contribution in [1.82, 2.24) is 0 Å². The molecule has 1 fully saturated rings. The number of amides is 1. The van der Waals surface area contributed by atoms with Gasteiger partial charge in [0.25, 0.3) is 0 Å². The van der Waals surface area contributed by atoms with Crippen LogP contribution in [-0.2, 0) is 10.2 Å². The summed E-state index contributed by atoms with van der Waals surface area (Å²) in [5.74, 6) is -0.266. The van der Waals surface area contributed by atoms with Gasteiger partial charge in [0.15, 0.2) is 0 Å². The average Bonchev–Trinajstić information content (AvgIpc) is 2.37. The Morgan fingerprint density at radius 1 is 1.40 bits per heavy atom. The lowest BCUT2D eigenvalue weighted by molar-refractivity contribution is -0.123. The molecule has 0 unspecified atom stereocenters. The third-order valence-electron chi connectivity index (χ3n) is 3.47. The van der Waals surface area contributed by atoms with Crippen molar-refractivity contribution in [2.75, 3.05) is 5.32 Å². The van der Waals surface area contributed by atoms with Gasteiger partial charge in [0, 0.05) is 5.69 Å². The molecule has 1 aromatic rings. The monoisotopic (exact) mass is 269 g/mol. The lowest BCUT2D eigenvalue weighted by Gasteiger charge is -2.36. The van der Waals surface area contributed by atoms with Crippen molar-refractivity contribution < 1.29 is 9.18 Å². The molecular weight excluding hydrogens is 261 g/mol. The lowest BCUT2D eigenvalue weighted by atomic mass is 9.65. The molecule has 1 aromatic carbocycles. The van der Waals surface area contributed by atoms with Gasteiger partial charge in [-0.3, -0.25) is 4.79 Å². The van der Waals surface area contributed by atoms with Crippen LogP contribution < -0.4 is 5.32 Å². The molecule has 1 saturated carbocycles. The molecule has 0 radical (unpaired) electrons. The Bertz CT molecular complexity index is 468. The van der Waals surface area contributed by atoms with Crippen molar-refractivity contribution in [3.05, 3.63) is 28.0 Å². The first-order valence-electron chi connectivity index (χ1n) is 4.94. The Balaban J connectivity index is 2.21. The topological polar surface area (TPSA) is 29.1 Å². The second-order valence-corrected chi connectivity index (χ2v) is 5.06. The minimum Gasteiger partial charge on any atom is -0.325 e. The minimum absolute atomic E-state index is 0.0289. The van der Waals surface area contributed by atoms with Gasteiger partial charge in [-0.05, 0) is 46.5 Å². The molecule has 0 bridgehead atoms. The number of anilines is 1. The SMILES string of the molecule is O=C1Nc2cc(Br)c(F)cc2C12CCC2. The molecule has 0 saturated heterocycles. The number of halogens is 2. The van der Waals surface area contributed by atoms with Crippen molar-refractivity contribution in [2.24, 2.45) is 0 Å². The molecule has 1 aliphatic heterocycles.